The molecule has 32 heavy (non-hydrogen) atoms. The number of hydrogen-bond donors (Lipinski definition) is 0. The lowest BCUT2D eigenvalue weighted by Gasteiger charge is -2.09. The van der Waals surface area contributed by atoms with Crippen LogP contribution in [0.2, 0.25) is 0 Å². The third-order valence-corrected chi connectivity index (χ3v) is 5.82. The monoisotopic (exact) mass is 414 g/mol. The Morgan fingerprint density at radius 3 is 1.00 bits per heavy atom. The lowest BCUT2D eigenvalue weighted by Crippen LogP contribution is -2.03. The van der Waals surface area contributed by atoms with E-state index in [1.54, 1.807) is 37.2 Å². The van der Waals surface area contributed by atoms with Crippen molar-refractivity contribution in [3.05, 3.63) is 86.2 Å². The van der Waals surface area contributed by atoms with E-state index in [4.69, 9.17) is 9.97 Å². The van der Waals surface area contributed by atoms with E-state index in [0.29, 0.717) is 0 Å². The number of fused-ring (bicyclic) bond motifs is 6. The molecule has 0 aliphatic rings. The van der Waals surface area contributed by atoms with Gasteiger partial charge in [0.25, 0.3) is 0 Å². The minimum absolute atomic E-state index is 0.732. The second kappa shape index (κ2) is 6.39. The van der Waals surface area contributed by atoms with Gasteiger partial charge in [0.05, 0.1) is 34.5 Å². The Hall–Kier alpha value is -4.72. The first-order chi connectivity index (χ1) is 15.9. The van der Waals surface area contributed by atoms with Gasteiger partial charge in [0.15, 0.2) is 11.6 Å². The van der Waals surface area contributed by atoms with E-state index in [-0.39, 0.29) is 0 Å². The molecule has 7 heterocycles. The van der Waals surface area contributed by atoms with E-state index in [2.05, 4.69) is 29.1 Å². The molecule has 8 nitrogen and oxygen atoms in total. The Labute approximate surface area is 180 Å². The van der Waals surface area contributed by atoms with Gasteiger partial charge < -0.3 is 0 Å². The maximum absolute atomic E-state index is 4.80. The molecule has 0 aliphatic carbocycles. The summed E-state index contributed by atoms with van der Waals surface area (Å²) in [5.74, 6) is 1.46. The highest BCUT2D eigenvalue weighted by atomic mass is 15.1. The number of rotatable bonds is 2. The van der Waals surface area contributed by atoms with Crippen molar-refractivity contribution in [2.45, 2.75) is 0 Å². The Kier molecular flexibility index (Phi) is 3.40. The summed E-state index contributed by atoms with van der Waals surface area (Å²) in [6, 6.07) is 7.94. The molecule has 7 rings (SSSR count). The summed E-state index contributed by atoms with van der Waals surface area (Å²) in [5.41, 5.74) is 4.05. The minimum atomic E-state index is 0.732. The Bertz CT molecular complexity index is 1540. The van der Waals surface area contributed by atoms with Gasteiger partial charge in [-0.2, -0.15) is 0 Å². The van der Waals surface area contributed by atoms with Crippen LogP contribution in [0, 0.1) is 0 Å². The highest BCUT2D eigenvalue weighted by molar-refractivity contribution is 6.09. The highest BCUT2D eigenvalue weighted by Gasteiger charge is 2.16. The van der Waals surface area contributed by atoms with Crippen molar-refractivity contribution in [1.29, 1.82) is 0 Å². The van der Waals surface area contributed by atoms with E-state index < -0.39 is 0 Å². The van der Waals surface area contributed by atoms with Gasteiger partial charge in [-0.05, 0) is 24.3 Å². The third-order valence-electron chi connectivity index (χ3n) is 5.82. The first kappa shape index (κ1) is 17.0. The topological polar surface area (TPSA) is 87.2 Å². The van der Waals surface area contributed by atoms with Crippen molar-refractivity contribution in [1.82, 2.24) is 39.0 Å². The van der Waals surface area contributed by atoms with Crippen molar-refractivity contribution in [3.63, 3.8) is 0 Å². The quantitative estimate of drug-likeness (QED) is 0.420. The lowest BCUT2D eigenvalue weighted by molar-refractivity contribution is 0.987. The van der Waals surface area contributed by atoms with Crippen molar-refractivity contribution in [3.8, 4) is 11.6 Å². The number of aromatic nitrogens is 8. The molecule has 0 unspecified atom stereocenters. The van der Waals surface area contributed by atoms with Crippen molar-refractivity contribution < 1.29 is 0 Å². The second-order valence-electron chi connectivity index (χ2n) is 7.47. The molecule has 8 heteroatoms. The first-order valence-corrected chi connectivity index (χ1v) is 10.1. The zero-order valence-corrected chi connectivity index (χ0v) is 16.7. The standard InChI is InChI=1S/C24H14N8/c1-5-25-9-15-16-10-26-6-2-20(16)31(19(1)15)23-13-30-24(14-29-23)32-21-3-7-27-11-17(21)18-12-28-8-4-22(18)32/h1-14H. The zero-order chi connectivity index (χ0) is 21.1. The molecule has 7 aromatic heterocycles. The average Bonchev–Trinajstić information content (AvgIpc) is 3.38. The van der Waals surface area contributed by atoms with Gasteiger partial charge >= 0.3 is 0 Å². The fourth-order valence-corrected chi connectivity index (χ4v) is 4.46. The maximum atomic E-state index is 4.80. The average molecular weight is 414 g/mol. The van der Waals surface area contributed by atoms with Gasteiger partial charge in [-0.25, -0.2) is 9.97 Å². The van der Waals surface area contributed by atoms with Gasteiger partial charge in [0.1, 0.15) is 0 Å². The minimum Gasteiger partial charge on any atom is -0.292 e. The summed E-state index contributed by atoms with van der Waals surface area (Å²) < 4.78 is 4.18. The molecule has 0 saturated heterocycles. The number of hydrogen-bond acceptors (Lipinski definition) is 6. The Morgan fingerprint density at radius 2 is 0.719 bits per heavy atom. The van der Waals surface area contributed by atoms with Gasteiger partial charge in [-0.15, -0.1) is 0 Å². The molecule has 7 aromatic rings. The maximum Gasteiger partial charge on any atom is 0.156 e. The molecule has 0 aliphatic heterocycles. The number of pyridine rings is 4. The molecule has 0 spiro atoms. The SMILES string of the molecule is c1cc2c(cn1)c1cnccc1n2-c1cnc(-n2c3ccncc3c3cnccc32)cn1. The smallest absolute Gasteiger partial charge is 0.156 e. The lowest BCUT2D eigenvalue weighted by atomic mass is 10.2. The van der Waals surface area contributed by atoms with Gasteiger partial charge in [-0.1, -0.05) is 0 Å². The molecular weight excluding hydrogens is 400 g/mol. The third kappa shape index (κ3) is 2.26. The molecule has 0 N–H and O–H groups in total. The van der Waals surface area contributed by atoms with Gasteiger partial charge in [0.2, 0.25) is 0 Å². The van der Waals surface area contributed by atoms with E-state index in [1.807, 2.05) is 49.1 Å². The van der Waals surface area contributed by atoms with E-state index >= 15 is 0 Å². The van der Waals surface area contributed by atoms with Crippen LogP contribution in [0.3, 0.4) is 0 Å². The predicted molar refractivity (Wildman–Crippen MR) is 122 cm³/mol. The summed E-state index contributed by atoms with van der Waals surface area (Å²) in [6.45, 7) is 0. The van der Waals surface area contributed by atoms with Crippen LogP contribution in [-0.2, 0) is 0 Å². The molecule has 0 fully saturated rings. The van der Waals surface area contributed by atoms with Crippen LogP contribution in [0.1, 0.15) is 0 Å². The summed E-state index contributed by atoms with van der Waals surface area (Å²) >= 11 is 0. The largest absolute Gasteiger partial charge is 0.292 e. The Balaban J connectivity index is 1.47. The van der Waals surface area contributed by atoms with Gasteiger partial charge in [-0.3, -0.25) is 29.1 Å². The normalized spacial score (nSPS) is 11.8. The van der Waals surface area contributed by atoms with Crippen LogP contribution in [-0.4, -0.2) is 39.0 Å². The van der Waals surface area contributed by atoms with Crippen molar-refractivity contribution >= 4 is 43.6 Å². The molecule has 0 aromatic carbocycles. The Morgan fingerprint density at radius 1 is 0.406 bits per heavy atom. The summed E-state index contributed by atoms with van der Waals surface area (Å²) in [5, 5.41) is 4.13. The van der Waals surface area contributed by atoms with E-state index in [9.17, 15) is 0 Å². The zero-order valence-electron chi connectivity index (χ0n) is 16.7. The van der Waals surface area contributed by atoms with E-state index in [1.165, 1.54) is 0 Å². The molecule has 0 saturated carbocycles. The second-order valence-corrected chi connectivity index (χ2v) is 7.47. The van der Waals surface area contributed by atoms with Crippen LogP contribution < -0.4 is 0 Å². The van der Waals surface area contributed by atoms with Crippen molar-refractivity contribution in [2.24, 2.45) is 0 Å². The van der Waals surface area contributed by atoms with Gasteiger partial charge in [0, 0.05) is 71.1 Å². The summed E-state index contributed by atoms with van der Waals surface area (Å²) in [4.78, 5) is 26.7. The molecule has 0 bridgehead atoms. The van der Waals surface area contributed by atoms with Crippen LogP contribution in [0.25, 0.3) is 55.2 Å². The summed E-state index contributed by atoms with van der Waals surface area (Å²) in [7, 11) is 0. The predicted octanol–water partition coefficient (Wildman–Crippen LogP) is 4.25. The summed E-state index contributed by atoms with van der Waals surface area (Å²) in [6.07, 6.45) is 18.2. The highest BCUT2D eigenvalue weighted by Crippen LogP contribution is 2.32. The van der Waals surface area contributed by atoms with E-state index in [0.717, 1.165) is 55.2 Å². The van der Waals surface area contributed by atoms with Crippen LogP contribution >= 0.6 is 0 Å². The van der Waals surface area contributed by atoms with Crippen LogP contribution in [0.15, 0.2) is 86.2 Å². The molecule has 0 radical (unpaired) electrons. The fourth-order valence-electron chi connectivity index (χ4n) is 4.46. The molecular formula is C24H14N8. The van der Waals surface area contributed by atoms with Crippen molar-refractivity contribution in [2.75, 3.05) is 0 Å². The van der Waals surface area contributed by atoms with Crippen LogP contribution in [0.4, 0.5) is 0 Å². The first-order valence-electron chi connectivity index (χ1n) is 10.1. The fraction of sp³-hybridized carbons (Fsp3) is 0. The molecule has 150 valence electrons. The molecule has 0 atom stereocenters. The number of nitrogens with zero attached hydrogens (tertiary/aromatic N) is 8. The molecule has 0 amide bonds. The van der Waals surface area contributed by atoms with Crippen LogP contribution in [0.5, 0.6) is 0 Å².